The smallest absolute Gasteiger partial charge is 0.193 e. The van der Waals surface area contributed by atoms with Crippen LogP contribution in [0.25, 0.3) is 11.1 Å². The van der Waals surface area contributed by atoms with Gasteiger partial charge in [0.05, 0.1) is 0 Å². The van der Waals surface area contributed by atoms with Gasteiger partial charge < -0.3 is 4.90 Å². The van der Waals surface area contributed by atoms with Crippen molar-refractivity contribution in [3.8, 4) is 11.1 Å². The van der Waals surface area contributed by atoms with Gasteiger partial charge >= 0.3 is 0 Å². The van der Waals surface area contributed by atoms with E-state index >= 15 is 0 Å². The van der Waals surface area contributed by atoms with Crippen molar-refractivity contribution < 1.29 is 4.79 Å². The van der Waals surface area contributed by atoms with E-state index in [1.807, 2.05) is 62.4 Å². The Balaban J connectivity index is 1.50. The number of carbonyl (C=O) groups is 1. The summed E-state index contributed by atoms with van der Waals surface area (Å²) in [6, 6.07) is 43.2. The zero-order valence-electron chi connectivity index (χ0n) is 20.0. The van der Waals surface area contributed by atoms with Crippen molar-refractivity contribution >= 4 is 22.8 Å². The lowest BCUT2D eigenvalue weighted by atomic mass is 9.93. The number of anilines is 3. The van der Waals surface area contributed by atoms with Gasteiger partial charge in [0, 0.05) is 28.2 Å². The normalized spacial score (nSPS) is 10.7. The Morgan fingerprint density at radius 3 is 1.57 bits per heavy atom. The molecule has 2 nitrogen and oxygen atoms in total. The third-order valence-corrected chi connectivity index (χ3v) is 6.36. The molecule has 0 radical (unpaired) electrons. The van der Waals surface area contributed by atoms with Crippen LogP contribution in [0.1, 0.15) is 27.0 Å². The van der Waals surface area contributed by atoms with Gasteiger partial charge in [-0.15, -0.1) is 0 Å². The van der Waals surface area contributed by atoms with Crippen LogP contribution in [0.5, 0.6) is 0 Å². The van der Waals surface area contributed by atoms with Crippen LogP contribution in [0.3, 0.4) is 0 Å². The quantitative estimate of drug-likeness (QED) is 0.240. The number of rotatable bonds is 6. The maximum absolute atomic E-state index is 13.3. The van der Waals surface area contributed by atoms with Crippen molar-refractivity contribution in [3.63, 3.8) is 0 Å². The molecule has 0 heterocycles. The highest BCUT2D eigenvalue weighted by Gasteiger charge is 2.16. The predicted molar refractivity (Wildman–Crippen MR) is 146 cm³/mol. The molecular weight excluding hydrogens is 426 g/mol. The molecule has 0 fully saturated rings. The van der Waals surface area contributed by atoms with Crippen LogP contribution in [0.4, 0.5) is 17.1 Å². The molecule has 0 aliphatic rings. The fourth-order valence-electron chi connectivity index (χ4n) is 4.42. The molecule has 0 atom stereocenters. The lowest BCUT2D eigenvalue weighted by Crippen LogP contribution is -2.09. The van der Waals surface area contributed by atoms with E-state index in [9.17, 15) is 4.79 Å². The minimum atomic E-state index is 0.0680. The highest BCUT2D eigenvalue weighted by molar-refractivity contribution is 6.11. The van der Waals surface area contributed by atoms with E-state index in [2.05, 4.69) is 83.8 Å². The number of nitrogens with zero attached hydrogens (tertiary/aromatic N) is 1. The average molecular weight is 454 g/mol. The summed E-state index contributed by atoms with van der Waals surface area (Å²) >= 11 is 0. The van der Waals surface area contributed by atoms with Crippen LogP contribution in [0.15, 0.2) is 127 Å². The molecule has 0 unspecified atom stereocenters. The highest BCUT2D eigenvalue weighted by atomic mass is 16.1. The Labute approximate surface area is 207 Å². The summed E-state index contributed by atoms with van der Waals surface area (Å²) in [7, 11) is 0. The number of aryl methyl sites for hydroxylation is 2. The van der Waals surface area contributed by atoms with Crippen molar-refractivity contribution in [2.75, 3.05) is 4.90 Å². The lowest BCUT2D eigenvalue weighted by Gasteiger charge is -2.25. The molecule has 0 aromatic heterocycles. The standard InChI is InChI=1S/C33H27NO/c1-24-11-9-10-16-31(24)33(35)32-23-27(18-17-25(32)2)26-19-21-30(22-20-26)34(28-12-5-3-6-13-28)29-14-7-4-8-15-29/h3-23H,1-2H3. The number of benzene rings is 5. The second-order valence-corrected chi connectivity index (χ2v) is 8.73. The van der Waals surface area contributed by atoms with Crippen LogP contribution in [-0.4, -0.2) is 5.78 Å². The Bertz CT molecular complexity index is 1420. The van der Waals surface area contributed by atoms with Crippen molar-refractivity contribution in [3.05, 3.63) is 150 Å². The van der Waals surface area contributed by atoms with Gasteiger partial charge in [0.25, 0.3) is 0 Å². The molecule has 5 aromatic carbocycles. The number of hydrogen-bond donors (Lipinski definition) is 0. The average Bonchev–Trinajstić information content (AvgIpc) is 2.91. The molecule has 0 bridgehead atoms. The first-order valence-electron chi connectivity index (χ1n) is 11.8. The topological polar surface area (TPSA) is 20.3 Å². The molecule has 0 N–H and O–H groups in total. The molecule has 170 valence electrons. The molecule has 5 rings (SSSR count). The fourth-order valence-corrected chi connectivity index (χ4v) is 4.42. The van der Waals surface area contributed by atoms with E-state index in [4.69, 9.17) is 0 Å². The van der Waals surface area contributed by atoms with Gasteiger partial charge in [-0.3, -0.25) is 4.79 Å². The third-order valence-electron chi connectivity index (χ3n) is 6.36. The Kier molecular flexibility index (Phi) is 6.28. The van der Waals surface area contributed by atoms with Crippen molar-refractivity contribution in [2.45, 2.75) is 13.8 Å². The Morgan fingerprint density at radius 1 is 0.486 bits per heavy atom. The van der Waals surface area contributed by atoms with Crippen molar-refractivity contribution in [2.24, 2.45) is 0 Å². The summed E-state index contributed by atoms with van der Waals surface area (Å²) in [5.41, 5.74) is 8.88. The fraction of sp³-hybridized carbons (Fsp3) is 0.0606. The Morgan fingerprint density at radius 2 is 0.971 bits per heavy atom. The second kappa shape index (κ2) is 9.82. The summed E-state index contributed by atoms with van der Waals surface area (Å²) in [6.45, 7) is 3.98. The van der Waals surface area contributed by atoms with E-state index in [-0.39, 0.29) is 5.78 Å². The van der Waals surface area contributed by atoms with Gasteiger partial charge in [-0.1, -0.05) is 84.9 Å². The number of ketones is 1. The molecule has 2 heteroatoms. The van der Waals surface area contributed by atoms with Crippen LogP contribution in [0.2, 0.25) is 0 Å². The summed E-state index contributed by atoms with van der Waals surface area (Å²) in [6.07, 6.45) is 0. The molecule has 0 saturated carbocycles. The van der Waals surface area contributed by atoms with Crippen LogP contribution in [0, 0.1) is 13.8 Å². The van der Waals surface area contributed by atoms with E-state index in [0.29, 0.717) is 0 Å². The van der Waals surface area contributed by atoms with Crippen molar-refractivity contribution in [1.82, 2.24) is 0 Å². The minimum absolute atomic E-state index is 0.0680. The molecule has 0 aliphatic heterocycles. The Hall–Kier alpha value is -4.43. The first-order valence-corrected chi connectivity index (χ1v) is 11.8. The summed E-state index contributed by atoms with van der Waals surface area (Å²) in [5.74, 6) is 0.0680. The summed E-state index contributed by atoms with van der Waals surface area (Å²) < 4.78 is 0. The van der Waals surface area contributed by atoms with Crippen LogP contribution in [-0.2, 0) is 0 Å². The molecular formula is C33H27NO. The van der Waals surface area contributed by atoms with Gasteiger partial charge in [0.15, 0.2) is 5.78 Å². The molecule has 0 saturated heterocycles. The van der Waals surface area contributed by atoms with Gasteiger partial charge in [0.2, 0.25) is 0 Å². The minimum Gasteiger partial charge on any atom is -0.311 e. The number of hydrogen-bond acceptors (Lipinski definition) is 2. The van der Waals surface area contributed by atoms with E-state index in [0.717, 1.165) is 50.4 Å². The van der Waals surface area contributed by atoms with Gasteiger partial charge in [0.1, 0.15) is 0 Å². The highest BCUT2D eigenvalue weighted by Crippen LogP contribution is 2.35. The monoisotopic (exact) mass is 453 g/mol. The van der Waals surface area contributed by atoms with Crippen LogP contribution >= 0.6 is 0 Å². The first kappa shape index (κ1) is 22.4. The maximum Gasteiger partial charge on any atom is 0.193 e. The molecule has 0 spiro atoms. The van der Waals surface area contributed by atoms with Crippen LogP contribution < -0.4 is 4.90 Å². The van der Waals surface area contributed by atoms with E-state index in [1.165, 1.54) is 0 Å². The lowest BCUT2D eigenvalue weighted by molar-refractivity contribution is 0.103. The number of para-hydroxylation sites is 2. The predicted octanol–water partition coefficient (Wildman–Crippen LogP) is 8.67. The molecule has 0 aliphatic carbocycles. The second-order valence-electron chi connectivity index (χ2n) is 8.73. The van der Waals surface area contributed by atoms with Gasteiger partial charge in [-0.25, -0.2) is 0 Å². The largest absolute Gasteiger partial charge is 0.311 e. The summed E-state index contributed by atoms with van der Waals surface area (Å²) in [4.78, 5) is 15.6. The van der Waals surface area contributed by atoms with E-state index < -0.39 is 0 Å². The molecule has 5 aromatic rings. The SMILES string of the molecule is Cc1ccccc1C(=O)c1cc(-c2ccc(N(c3ccccc3)c3ccccc3)cc2)ccc1C. The molecule has 35 heavy (non-hydrogen) atoms. The summed E-state index contributed by atoms with van der Waals surface area (Å²) in [5, 5.41) is 0. The van der Waals surface area contributed by atoms with E-state index in [1.54, 1.807) is 0 Å². The van der Waals surface area contributed by atoms with Crippen molar-refractivity contribution in [1.29, 1.82) is 0 Å². The van der Waals surface area contributed by atoms with Gasteiger partial charge in [-0.05, 0) is 78.6 Å². The third kappa shape index (κ3) is 4.64. The molecule has 0 amide bonds. The number of carbonyl (C=O) groups excluding carboxylic acids is 1. The first-order chi connectivity index (χ1) is 17.1. The zero-order valence-corrected chi connectivity index (χ0v) is 20.0. The van der Waals surface area contributed by atoms with Gasteiger partial charge in [-0.2, -0.15) is 0 Å². The maximum atomic E-state index is 13.3. The zero-order chi connectivity index (χ0) is 24.2.